The van der Waals surface area contributed by atoms with E-state index in [1.807, 2.05) is 19.1 Å². The molecule has 1 atom stereocenters. The Hall–Kier alpha value is -1.76. The third-order valence-corrected chi connectivity index (χ3v) is 4.74. The Morgan fingerprint density at radius 3 is 2.50 bits per heavy atom. The van der Waals surface area contributed by atoms with Gasteiger partial charge in [0, 0.05) is 32.0 Å². The number of nitrogens with one attached hydrogen (secondary N) is 2. The largest absolute Gasteiger partial charge is 0.490 e. The molecule has 0 aliphatic rings. The van der Waals surface area contributed by atoms with Crippen molar-refractivity contribution in [2.45, 2.75) is 46.8 Å². The lowest BCUT2D eigenvalue weighted by molar-refractivity contribution is 0.191. The molecule has 148 valence electrons. The first-order valence-electron chi connectivity index (χ1n) is 8.99. The number of ether oxygens (including phenoxy) is 1. The Morgan fingerprint density at radius 1 is 1.23 bits per heavy atom. The van der Waals surface area contributed by atoms with E-state index in [2.05, 4.69) is 42.5 Å². The van der Waals surface area contributed by atoms with Crippen molar-refractivity contribution in [1.29, 1.82) is 0 Å². The van der Waals surface area contributed by atoms with E-state index in [1.54, 1.807) is 7.05 Å². The first kappa shape index (κ1) is 22.3. The number of nitrogens with zero attached hydrogens (tertiary/aromatic N) is 1. The SMILES string of the molecule is CN=C(NCCS(C)(=O)=O)NCc1ccc(C)cc1OC(C)CC(C)C. The van der Waals surface area contributed by atoms with E-state index in [4.69, 9.17) is 4.74 Å². The van der Waals surface area contributed by atoms with Crippen LogP contribution in [0.3, 0.4) is 0 Å². The summed E-state index contributed by atoms with van der Waals surface area (Å²) in [5.74, 6) is 2.08. The summed E-state index contributed by atoms with van der Waals surface area (Å²) in [7, 11) is -1.34. The Kier molecular flexibility index (Phi) is 8.92. The fourth-order valence-electron chi connectivity index (χ4n) is 2.60. The van der Waals surface area contributed by atoms with Crippen molar-refractivity contribution in [3.8, 4) is 5.75 Å². The normalized spacial score (nSPS) is 13.6. The van der Waals surface area contributed by atoms with Crippen LogP contribution in [0.1, 0.15) is 38.3 Å². The van der Waals surface area contributed by atoms with Gasteiger partial charge in [0.1, 0.15) is 15.6 Å². The van der Waals surface area contributed by atoms with Gasteiger partial charge in [0.05, 0.1) is 11.9 Å². The van der Waals surface area contributed by atoms with Gasteiger partial charge in [-0.05, 0) is 37.8 Å². The molecule has 0 radical (unpaired) electrons. The Bertz CT molecular complexity index is 700. The van der Waals surface area contributed by atoms with Crippen molar-refractivity contribution in [3.05, 3.63) is 29.3 Å². The lowest BCUT2D eigenvalue weighted by atomic mass is 10.1. The smallest absolute Gasteiger partial charge is 0.191 e. The molecule has 0 aromatic heterocycles. The molecule has 0 bridgehead atoms. The number of hydrogen-bond donors (Lipinski definition) is 2. The summed E-state index contributed by atoms with van der Waals surface area (Å²) in [4.78, 5) is 4.13. The molecular weight excluding hydrogens is 350 g/mol. The van der Waals surface area contributed by atoms with E-state index in [0.717, 1.165) is 23.3 Å². The van der Waals surface area contributed by atoms with Crippen LogP contribution in [-0.2, 0) is 16.4 Å². The number of aryl methyl sites for hydroxylation is 1. The average molecular weight is 384 g/mol. The summed E-state index contributed by atoms with van der Waals surface area (Å²) in [5.41, 5.74) is 2.19. The number of sulfone groups is 1. The van der Waals surface area contributed by atoms with Crippen LogP contribution in [-0.4, -0.2) is 46.1 Å². The lowest BCUT2D eigenvalue weighted by Crippen LogP contribution is -2.39. The molecule has 1 aromatic carbocycles. The highest BCUT2D eigenvalue weighted by molar-refractivity contribution is 7.90. The summed E-state index contributed by atoms with van der Waals surface area (Å²) in [6.07, 6.45) is 2.36. The van der Waals surface area contributed by atoms with Gasteiger partial charge in [0.15, 0.2) is 5.96 Å². The summed E-state index contributed by atoms with van der Waals surface area (Å²) in [6, 6.07) is 6.15. The minimum absolute atomic E-state index is 0.0688. The maximum atomic E-state index is 11.2. The molecule has 0 aliphatic heterocycles. The molecule has 6 nitrogen and oxygen atoms in total. The molecule has 2 N–H and O–H groups in total. The van der Waals surface area contributed by atoms with Gasteiger partial charge < -0.3 is 15.4 Å². The zero-order valence-corrected chi connectivity index (χ0v) is 17.6. The van der Waals surface area contributed by atoms with Crippen LogP contribution >= 0.6 is 0 Å². The van der Waals surface area contributed by atoms with E-state index in [0.29, 0.717) is 25.0 Å². The van der Waals surface area contributed by atoms with Gasteiger partial charge in [0.25, 0.3) is 0 Å². The van der Waals surface area contributed by atoms with E-state index in [1.165, 1.54) is 6.26 Å². The third-order valence-electron chi connectivity index (χ3n) is 3.79. The van der Waals surface area contributed by atoms with Crippen molar-refractivity contribution >= 4 is 15.8 Å². The fraction of sp³-hybridized carbons (Fsp3) is 0.632. The second-order valence-electron chi connectivity index (χ2n) is 7.15. The Labute approximate surface area is 158 Å². The molecule has 1 rings (SSSR count). The highest BCUT2D eigenvalue weighted by Gasteiger charge is 2.11. The number of aliphatic imine (C=N–C) groups is 1. The van der Waals surface area contributed by atoms with Crippen molar-refractivity contribution in [2.24, 2.45) is 10.9 Å². The second-order valence-corrected chi connectivity index (χ2v) is 9.41. The molecule has 26 heavy (non-hydrogen) atoms. The van der Waals surface area contributed by atoms with Crippen molar-refractivity contribution in [2.75, 3.05) is 25.6 Å². The molecule has 0 heterocycles. The Morgan fingerprint density at radius 2 is 1.92 bits per heavy atom. The standard InChI is InChI=1S/C19H33N3O3S/c1-14(2)11-16(4)25-18-12-15(3)7-8-17(18)13-22-19(20-5)21-9-10-26(6,23)24/h7-8,12,14,16H,9-11,13H2,1-6H3,(H2,20,21,22). The van der Waals surface area contributed by atoms with E-state index < -0.39 is 9.84 Å². The van der Waals surface area contributed by atoms with Gasteiger partial charge in [0.2, 0.25) is 0 Å². The van der Waals surface area contributed by atoms with Crippen LogP contribution < -0.4 is 15.4 Å². The summed E-state index contributed by atoms with van der Waals surface area (Å²) < 4.78 is 28.6. The van der Waals surface area contributed by atoms with Crippen molar-refractivity contribution in [3.63, 3.8) is 0 Å². The highest BCUT2D eigenvalue weighted by Crippen LogP contribution is 2.23. The zero-order valence-electron chi connectivity index (χ0n) is 16.8. The summed E-state index contributed by atoms with van der Waals surface area (Å²) >= 11 is 0. The molecule has 0 fully saturated rings. The average Bonchev–Trinajstić information content (AvgIpc) is 2.50. The van der Waals surface area contributed by atoms with Gasteiger partial charge in [-0.2, -0.15) is 0 Å². The topological polar surface area (TPSA) is 79.8 Å². The zero-order chi connectivity index (χ0) is 19.7. The first-order valence-corrected chi connectivity index (χ1v) is 11.0. The molecular formula is C19H33N3O3S. The van der Waals surface area contributed by atoms with E-state index >= 15 is 0 Å². The minimum atomic E-state index is -3.00. The number of benzene rings is 1. The van der Waals surface area contributed by atoms with Crippen molar-refractivity contribution in [1.82, 2.24) is 10.6 Å². The molecule has 0 aliphatic carbocycles. The van der Waals surface area contributed by atoms with Crippen LogP contribution in [0, 0.1) is 12.8 Å². The summed E-state index contributed by atoms with van der Waals surface area (Å²) in [5, 5.41) is 6.22. The van der Waals surface area contributed by atoms with Gasteiger partial charge in [-0.15, -0.1) is 0 Å². The molecule has 1 unspecified atom stereocenters. The third kappa shape index (κ3) is 9.08. The highest BCUT2D eigenvalue weighted by atomic mass is 32.2. The van der Waals surface area contributed by atoms with E-state index in [-0.39, 0.29) is 11.9 Å². The molecule has 7 heteroatoms. The number of rotatable bonds is 9. The predicted octanol–water partition coefficient (Wildman–Crippen LogP) is 2.52. The Balaban J connectivity index is 2.70. The minimum Gasteiger partial charge on any atom is -0.490 e. The van der Waals surface area contributed by atoms with Gasteiger partial charge in [-0.1, -0.05) is 26.0 Å². The van der Waals surface area contributed by atoms with Crippen LogP contribution in [0.2, 0.25) is 0 Å². The fourth-order valence-corrected chi connectivity index (χ4v) is 3.07. The lowest BCUT2D eigenvalue weighted by Gasteiger charge is -2.20. The molecule has 0 saturated carbocycles. The van der Waals surface area contributed by atoms with Crippen LogP contribution in [0.4, 0.5) is 0 Å². The van der Waals surface area contributed by atoms with Gasteiger partial charge in [-0.3, -0.25) is 4.99 Å². The molecule has 0 amide bonds. The van der Waals surface area contributed by atoms with Crippen LogP contribution in [0.25, 0.3) is 0 Å². The maximum absolute atomic E-state index is 11.2. The monoisotopic (exact) mass is 383 g/mol. The van der Waals surface area contributed by atoms with E-state index in [9.17, 15) is 8.42 Å². The van der Waals surface area contributed by atoms with Gasteiger partial charge in [-0.25, -0.2) is 8.42 Å². The maximum Gasteiger partial charge on any atom is 0.191 e. The second kappa shape index (κ2) is 10.4. The first-order chi connectivity index (χ1) is 12.1. The van der Waals surface area contributed by atoms with Crippen LogP contribution in [0.15, 0.2) is 23.2 Å². The molecule has 0 spiro atoms. The number of guanidine groups is 1. The summed E-state index contributed by atoms with van der Waals surface area (Å²) in [6.45, 7) is 9.37. The molecule has 1 aromatic rings. The quantitative estimate of drug-likeness (QED) is 0.506. The number of hydrogen-bond acceptors (Lipinski definition) is 4. The predicted molar refractivity (Wildman–Crippen MR) is 109 cm³/mol. The van der Waals surface area contributed by atoms with Crippen molar-refractivity contribution < 1.29 is 13.2 Å². The van der Waals surface area contributed by atoms with Crippen LogP contribution in [0.5, 0.6) is 5.75 Å². The molecule has 0 saturated heterocycles. The van der Waals surface area contributed by atoms with Gasteiger partial charge >= 0.3 is 0 Å².